The molecular weight excluding hydrogens is 183 g/mol. The molecule has 0 heterocycles. The third-order valence-corrected chi connectivity index (χ3v) is 1.08. The molecule has 0 atom stereocenters. The van der Waals surface area contributed by atoms with E-state index >= 15 is 0 Å². The molecule has 0 aliphatic carbocycles. The number of carbonyl (C=O) groups is 1. The van der Waals surface area contributed by atoms with Crippen LogP contribution in [0, 0.1) is 5.82 Å². The first kappa shape index (κ1) is 10.9. The van der Waals surface area contributed by atoms with E-state index in [1.54, 1.807) is 0 Å². The van der Waals surface area contributed by atoms with Gasteiger partial charge in [0, 0.05) is 6.92 Å². The Balaban J connectivity index is 0.00000121. The van der Waals surface area contributed by atoms with Crippen LogP contribution in [0.5, 0.6) is 5.75 Å². The van der Waals surface area contributed by atoms with Crippen molar-refractivity contribution in [3.05, 3.63) is 30.1 Å². The number of benzene rings is 1. The van der Waals surface area contributed by atoms with Crippen LogP contribution < -0.4 is 4.74 Å². The summed E-state index contributed by atoms with van der Waals surface area (Å²) in [4.78, 5) is 10.4. The maximum atomic E-state index is 12.3. The molecule has 0 radical (unpaired) electrons. The molecule has 1 aromatic rings. The molecule has 2 nitrogen and oxygen atoms in total. The molecule has 66 valence electrons. The van der Waals surface area contributed by atoms with Gasteiger partial charge in [-0.2, -0.15) is 0 Å². The SMILES string of the molecule is CC(=O)Oc1ccc(F)cc1.Cl. The third kappa shape index (κ3) is 3.34. The van der Waals surface area contributed by atoms with E-state index in [0.29, 0.717) is 5.75 Å². The summed E-state index contributed by atoms with van der Waals surface area (Å²) in [5.74, 6) is -0.392. The van der Waals surface area contributed by atoms with Gasteiger partial charge in [-0.15, -0.1) is 12.4 Å². The van der Waals surface area contributed by atoms with Gasteiger partial charge in [0.2, 0.25) is 0 Å². The van der Waals surface area contributed by atoms with E-state index in [0.717, 1.165) is 0 Å². The number of hydrogen-bond donors (Lipinski definition) is 0. The number of carbonyl (C=O) groups excluding carboxylic acids is 1. The van der Waals surface area contributed by atoms with Crippen LogP contribution in [0.1, 0.15) is 6.92 Å². The van der Waals surface area contributed by atoms with Crippen LogP contribution in [-0.2, 0) is 4.79 Å². The monoisotopic (exact) mass is 190 g/mol. The second-order valence-electron chi connectivity index (χ2n) is 2.05. The molecule has 0 aliphatic rings. The van der Waals surface area contributed by atoms with Crippen LogP contribution in [0.3, 0.4) is 0 Å². The highest BCUT2D eigenvalue weighted by Crippen LogP contribution is 2.10. The summed E-state index contributed by atoms with van der Waals surface area (Å²) in [6.07, 6.45) is 0. The fraction of sp³-hybridized carbons (Fsp3) is 0.125. The fourth-order valence-corrected chi connectivity index (χ4v) is 0.669. The van der Waals surface area contributed by atoms with Crippen molar-refractivity contribution >= 4 is 18.4 Å². The summed E-state index contributed by atoms with van der Waals surface area (Å²) < 4.78 is 16.9. The highest BCUT2D eigenvalue weighted by Gasteiger charge is 1.96. The highest BCUT2D eigenvalue weighted by atomic mass is 35.5. The van der Waals surface area contributed by atoms with Crippen molar-refractivity contribution in [2.75, 3.05) is 0 Å². The molecule has 0 amide bonds. The second kappa shape index (κ2) is 4.72. The molecule has 0 fully saturated rings. The summed E-state index contributed by atoms with van der Waals surface area (Å²) in [6, 6.07) is 5.27. The zero-order chi connectivity index (χ0) is 8.27. The average Bonchev–Trinajstić information content (AvgIpc) is 1.93. The molecule has 0 aromatic heterocycles. The van der Waals surface area contributed by atoms with Gasteiger partial charge in [0.25, 0.3) is 0 Å². The lowest BCUT2D eigenvalue weighted by molar-refractivity contribution is -0.131. The van der Waals surface area contributed by atoms with Crippen molar-refractivity contribution in [1.29, 1.82) is 0 Å². The first-order valence-electron chi connectivity index (χ1n) is 3.12. The second-order valence-corrected chi connectivity index (χ2v) is 2.05. The van der Waals surface area contributed by atoms with Gasteiger partial charge in [-0.3, -0.25) is 4.79 Å². The minimum atomic E-state index is -0.406. The highest BCUT2D eigenvalue weighted by molar-refractivity contribution is 5.85. The number of esters is 1. The van der Waals surface area contributed by atoms with E-state index in [-0.39, 0.29) is 18.2 Å². The lowest BCUT2D eigenvalue weighted by Gasteiger charge is -1.98. The third-order valence-electron chi connectivity index (χ3n) is 1.08. The normalized spacial score (nSPS) is 8.50. The Morgan fingerprint density at radius 1 is 1.33 bits per heavy atom. The van der Waals surface area contributed by atoms with Crippen LogP contribution in [0.15, 0.2) is 24.3 Å². The van der Waals surface area contributed by atoms with Crippen LogP contribution in [0.4, 0.5) is 4.39 Å². The summed E-state index contributed by atoms with van der Waals surface area (Å²) in [5, 5.41) is 0. The molecule has 0 bridgehead atoms. The number of hydrogen-bond acceptors (Lipinski definition) is 2. The van der Waals surface area contributed by atoms with Crippen molar-refractivity contribution in [3.63, 3.8) is 0 Å². The van der Waals surface area contributed by atoms with Crippen LogP contribution in [0.2, 0.25) is 0 Å². The Kier molecular flexibility index (Phi) is 4.29. The molecule has 0 spiro atoms. The summed E-state index contributed by atoms with van der Waals surface area (Å²) >= 11 is 0. The van der Waals surface area contributed by atoms with Crippen molar-refractivity contribution < 1.29 is 13.9 Å². The van der Waals surface area contributed by atoms with Gasteiger partial charge in [-0.25, -0.2) is 4.39 Å². The van der Waals surface area contributed by atoms with Crippen LogP contribution >= 0.6 is 12.4 Å². The van der Waals surface area contributed by atoms with E-state index in [1.807, 2.05) is 0 Å². The van der Waals surface area contributed by atoms with Gasteiger partial charge in [0.1, 0.15) is 11.6 Å². The molecule has 0 unspecified atom stereocenters. The Hall–Kier alpha value is -1.09. The van der Waals surface area contributed by atoms with E-state index in [4.69, 9.17) is 0 Å². The maximum Gasteiger partial charge on any atom is 0.308 e. The zero-order valence-corrected chi connectivity index (χ0v) is 7.23. The minimum absolute atomic E-state index is 0. The fourth-order valence-electron chi connectivity index (χ4n) is 0.669. The van der Waals surface area contributed by atoms with Crippen molar-refractivity contribution in [3.8, 4) is 5.75 Å². The predicted molar refractivity (Wildman–Crippen MR) is 45.0 cm³/mol. The van der Waals surface area contributed by atoms with E-state index < -0.39 is 5.97 Å². The minimum Gasteiger partial charge on any atom is -0.427 e. The van der Waals surface area contributed by atoms with Gasteiger partial charge < -0.3 is 4.74 Å². The quantitative estimate of drug-likeness (QED) is 0.501. The van der Waals surface area contributed by atoms with Crippen LogP contribution in [0.25, 0.3) is 0 Å². The summed E-state index contributed by atoms with van der Waals surface area (Å²) in [5.41, 5.74) is 0. The largest absolute Gasteiger partial charge is 0.427 e. The predicted octanol–water partition coefficient (Wildman–Crippen LogP) is 2.17. The van der Waals surface area contributed by atoms with Gasteiger partial charge in [0.15, 0.2) is 0 Å². The standard InChI is InChI=1S/C8H7FO2.ClH/c1-6(10)11-8-4-2-7(9)3-5-8;/h2-5H,1H3;1H. The number of rotatable bonds is 1. The van der Waals surface area contributed by atoms with E-state index in [2.05, 4.69) is 4.74 Å². The molecule has 1 rings (SSSR count). The molecular formula is C8H8ClFO2. The molecule has 0 saturated heterocycles. The lowest BCUT2D eigenvalue weighted by Crippen LogP contribution is -2.00. The molecule has 1 aromatic carbocycles. The first-order chi connectivity index (χ1) is 5.18. The van der Waals surface area contributed by atoms with Gasteiger partial charge in [-0.05, 0) is 24.3 Å². The smallest absolute Gasteiger partial charge is 0.308 e. The van der Waals surface area contributed by atoms with Crippen molar-refractivity contribution in [1.82, 2.24) is 0 Å². The number of ether oxygens (including phenoxy) is 1. The topological polar surface area (TPSA) is 26.3 Å². The Bertz CT molecular complexity index is 258. The number of halogens is 2. The molecule has 4 heteroatoms. The van der Waals surface area contributed by atoms with E-state index in [1.165, 1.54) is 31.2 Å². The molecule has 0 saturated carbocycles. The Labute approximate surface area is 75.8 Å². The molecule has 12 heavy (non-hydrogen) atoms. The van der Waals surface area contributed by atoms with Crippen LogP contribution in [-0.4, -0.2) is 5.97 Å². The van der Waals surface area contributed by atoms with Crippen molar-refractivity contribution in [2.45, 2.75) is 6.92 Å². The zero-order valence-electron chi connectivity index (χ0n) is 6.41. The maximum absolute atomic E-state index is 12.3. The summed E-state index contributed by atoms with van der Waals surface area (Å²) in [7, 11) is 0. The molecule has 0 aliphatic heterocycles. The van der Waals surface area contributed by atoms with Gasteiger partial charge in [0.05, 0.1) is 0 Å². The Morgan fingerprint density at radius 3 is 2.25 bits per heavy atom. The van der Waals surface area contributed by atoms with Crippen molar-refractivity contribution in [2.24, 2.45) is 0 Å². The lowest BCUT2D eigenvalue weighted by atomic mass is 10.3. The Morgan fingerprint density at radius 2 is 1.83 bits per heavy atom. The van der Waals surface area contributed by atoms with Gasteiger partial charge >= 0.3 is 5.97 Å². The average molecular weight is 191 g/mol. The molecule has 0 N–H and O–H groups in total. The summed E-state index contributed by atoms with van der Waals surface area (Å²) in [6.45, 7) is 1.29. The first-order valence-corrected chi connectivity index (χ1v) is 3.12. The van der Waals surface area contributed by atoms with Gasteiger partial charge in [-0.1, -0.05) is 0 Å². The van der Waals surface area contributed by atoms with E-state index in [9.17, 15) is 9.18 Å².